The standard InChI is InChI=1S/C18H18FN3O4/c1-2-3-4-17(23)20-13-7-5-12(6-8-13)18(24)21-14-9-10-15(19)16(11-14)22(25)26/h5-11H,2-4H2,1H3,(H,20,23)(H,21,24). The number of amides is 2. The van der Waals surface area contributed by atoms with Crippen molar-refractivity contribution in [2.24, 2.45) is 0 Å². The number of halogens is 1. The molecule has 0 bridgehead atoms. The minimum absolute atomic E-state index is 0.0947. The first-order valence-corrected chi connectivity index (χ1v) is 8.06. The Morgan fingerprint density at radius 1 is 1.08 bits per heavy atom. The van der Waals surface area contributed by atoms with Crippen LogP contribution in [0.25, 0.3) is 0 Å². The van der Waals surface area contributed by atoms with Gasteiger partial charge >= 0.3 is 5.69 Å². The average Bonchev–Trinajstić information content (AvgIpc) is 2.62. The van der Waals surface area contributed by atoms with Gasteiger partial charge in [0.15, 0.2) is 0 Å². The van der Waals surface area contributed by atoms with Gasteiger partial charge in [0, 0.05) is 29.4 Å². The minimum atomic E-state index is -0.976. The molecule has 136 valence electrons. The highest BCUT2D eigenvalue weighted by Gasteiger charge is 2.16. The molecule has 7 nitrogen and oxygen atoms in total. The molecule has 0 aliphatic rings. The number of hydrogen-bond acceptors (Lipinski definition) is 4. The lowest BCUT2D eigenvalue weighted by molar-refractivity contribution is -0.387. The Hall–Kier alpha value is -3.29. The van der Waals surface area contributed by atoms with E-state index in [9.17, 15) is 24.1 Å². The number of nitro groups is 1. The Kier molecular flexibility index (Phi) is 6.37. The van der Waals surface area contributed by atoms with Crippen LogP contribution in [0.1, 0.15) is 36.5 Å². The smallest absolute Gasteiger partial charge is 0.306 e. The van der Waals surface area contributed by atoms with Gasteiger partial charge in [0.1, 0.15) is 0 Å². The van der Waals surface area contributed by atoms with E-state index >= 15 is 0 Å². The monoisotopic (exact) mass is 359 g/mol. The van der Waals surface area contributed by atoms with Crippen molar-refractivity contribution in [3.63, 3.8) is 0 Å². The van der Waals surface area contributed by atoms with Gasteiger partial charge in [0.25, 0.3) is 5.91 Å². The van der Waals surface area contributed by atoms with Crippen molar-refractivity contribution in [2.75, 3.05) is 10.6 Å². The summed E-state index contributed by atoms with van der Waals surface area (Å²) in [7, 11) is 0. The lowest BCUT2D eigenvalue weighted by Crippen LogP contribution is -2.13. The SMILES string of the molecule is CCCCC(=O)Nc1ccc(C(=O)Nc2ccc(F)c([N+](=O)[O-])c2)cc1. The summed E-state index contributed by atoms with van der Waals surface area (Å²) in [6.45, 7) is 2.00. The number of anilines is 2. The number of nitro benzene ring substituents is 1. The first kappa shape index (κ1) is 19.0. The Bertz CT molecular complexity index is 822. The number of unbranched alkanes of at least 4 members (excludes halogenated alkanes) is 1. The second-order valence-electron chi connectivity index (χ2n) is 5.61. The van der Waals surface area contributed by atoms with E-state index in [1.165, 1.54) is 18.2 Å². The first-order chi connectivity index (χ1) is 12.4. The predicted octanol–water partition coefficient (Wildman–Crippen LogP) is 4.11. The topological polar surface area (TPSA) is 101 Å². The van der Waals surface area contributed by atoms with E-state index in [-0.39, 0.29) is 11.6 Å². The van der Waals surface area contributed by atoms with E-state index in [1.54, 1.807) is 12.1 Å². The molecule has 0 heterocycles. The quantitative estimate of drug-likeness (QED) is 0.573. The molecule has 0 saturated carbocycles. The van der Waals surface area contributed by atoms with Crippen LogP contribution in [0.15, 0.2) is 42.5 Å². The number of carbonyl (C=O) groups is 2. The number of nitrogens with zero attached hydrogens (tertiary/aromatic N) is 1. The van der Waals surface area contributed by atoms with Crippen LogP contribution in [0.5, 0.6) is 0 Å². The fourth-order valence-corrected chi connectivity index (χ4v) is 2.20. The number of nitrogens with one attached hydrogen (secondary N) is 2. The summed E-state index contributed by atoms with van der Waals surface area (Å²) >= 11 is 0. The van der Waals surface area contributed by atoms with Gasteiger partial charge in [-0.1, -0.05) is 13.3 Å². The molecule has 0 atom stereocenters. The van der Waals surface area contributed by atoms with Crippen LogP contribution in [0.3, 0.4) is 0 Å². The summed E-state index contributed by atoms with van der Waals surface area (Å²) in [6, 6.07) is 9.32. The molecule has 26 heavy (non-hydrogen) atoms. The summed E-state index contributed by atoms with van der Waals surface area (Å²) in [5.74, 6) is -1.58. The van der Waals surface area contributed by atoms with Gasteiger partial charge in [-0.2, -0.15) is 4.39 Å². The second kappa shape index (κ2) is 8.70. The van der Waals surface area contributed by atoms with Gasteiger partial charge in [-0.25, -0.2) is 0 Å². The molecule has 0 aliphatic heterocycles. The van der Waals surface area contributed by atoms with Gasteiger partial charge in [-0.15, -0.1) is 0 Å². The first-order valence-electron chi connectivity index (χ1n) is 8.06. The van der Waals surface area contributed by atoms with Gasteiger partial charge in [-0.3, -0.25) is 19.7 Å². The highest BCUT2D eigenvalue weighted by molar-refractivity contribution is 6.04. The van der Waals surface area contributed by atoms with E-state index in [0.29, 0.717) is 17.7 Å². The van der Waals surface area contributed by atoms with Crippen LogP contribution in [0.4, 0.5) is 21.5 Å². The molecule has 0 spiro atoms. The molecule has 2 rings (SSSR count). The predicted molar refractivity (Wildman–Crippen MR) is 95.6 cm³/mol. The van der Waals surface area contributed by atoms with Gasteiger partial charge in [-0.05, 0) is 42.8 Å². The van der Waals surface area contributed by atoms with E-state index in [4.69, 9.17) is 0 Å². The maximum absolute atomic E-state index is 13.3. The van der Waals surface area contributed by atoms with Crippen molar-refractivity contribution in [3.8, 4) is 0 Å². The molecule has 0 aromatic heterocycles. The third-order valence-corrected chi connectivity index (χ3v) is 3.59. The molecule has 0 radical (unpaired) electrons. The molecular formula is C18H18FN3O4. The van der Waals surface area contributed by atoms with Crippen molar-refractivity contribution in [2.45, 2.75) is 26.2 Å². The van der Waals surface area contributed by atoms with E-state index in [1.807, 2.05) is 6.92 Å². The number of carbonyl (C=O) groups excluding carboxylic acids is 2. The lowest BCUT2D eigenvalue weighted by atomic mass is 10.1. The van der Waals surface area contributed by atoms with Crippen LogP contribution < -0.4 is 10.6 Å². The van der Waals surface area contributed by atoms with Crippen molar-refractivity contribution in [1.82, 2.24) is 0 Å². The summed E-state index contributed by atoms with van der Waals surface area (Å²) in [4.78, 5) is 33.7. The van der Waals surface area contributed by atoms with Gasteiger partial charge < -0.3 is 10.6 Å². The molecule has 0 fully saturated rings. The summed E-state index contributed by atoms with van der Waals surface area (Å²) < 4.78 is 13.3. The van der Waals surface area contributed by atoms with E-state index in [2.05, 4.69) is 10.6 Å². The highest BCUT2D eigenvalue weighted by Crippen LogP contribution is 2.22. The Balaban J connectivity index is 2.03. The lowest BCUT2D eigenvalue weighted by Gasteiger charge is -2.08. The largest absolute Gasteiger partial charge is 0.326 e. The molecule has 0 unspecified atom stereocenters. The fraction of sp³-hybridized carbons (Fsp3) is 0.222. The molecule has 0 aliphatic carbocycles. The molecule has 2 aromatic carbocycles. The van der Waals surface area contributed by atoms with Crippen LogP contribution in [0, 0.1) is 15.9 Å². The molecule has 0 saturated heterocycles. The fourth-order valence-electron chi connectivity index (χ4n) is 2.20. The zero-order chi connectivity index (χ0) is 19.1. The van der Waals surface area contributed by atoms with Crippen molar-refractivity contribution < 1.29 is 18.9 Å². The Labute approximate surface area is 149 Å². The third-order valence-electron chi connectivity index (χ3n) is 3.59. The number of rotatable bonds is 7. The molecular weight excluding hydrogens is 341 g/mol. The molecule has 2 aromatic rings. The van der Waals surface area contributed by atoms with Crippen LogP contribution in [-0.2, 0) is 4.79 Å². The average molecular weight is 359 g/mol. The Morgan fingerprint density at radius 2 is 1.73 bits per heavy atom. The molecule has 2 N–H and O–H groups in total. The number of hydrogen-bond donors (Lipinski definition) is 2. The summed E-state index contributed by atoms with van der Waals surface area (Å²) in [6.07, 6.45) is 2.16. The van der Waals surface area contributed by atoms with Gasteiger partial charge in [0.05, 0.1) is 4.92 Å². The summed E-state index contributed by atoms with van der Waals surface area (Å²) in [5, 5.41) is 15.9. The second-order valence-corrected chi connectivity index (χ2v) is 5.61. The van der Waals surface area contributed by atoms with Crippen LogP contribution >= 0.6 is 0 Å². The maximum Gasteiger partial charge on any atom is 0.306 e. The molecule has 2 amide bonds. The minimum Gasteiger partial charge on any atom is -0.326 e. The summed E-state index contributed by atoms with van der Waals surface area (Å²) in [5.41, 5.74) is 0.261. The zero-order valence-electron chi connectivity index (χ0n) is 14.1. The van der Waals surface area contributed by atoms with Crippen molar-refractivity contribution in [3.05, 3.63) is 64.0 Å². The van der Waals surface area contributed by atoms with Crippen molar-refractivity contribution >= 4 is 28.9 Å². The third kappa shape index (κ3) is 5.10. The highest BCUT2D eigenvalue weighted by atomic mass is 19.1. The zero-order valence-corrected chi connectivity index (χ0v) is 14.1. The van der Waals surface area contributed by atoms with Crippen LogP contribution in [0.2, 0.25) is 0 Å². The van der Waals surface area contributed by atoms with Crippen molar-refractivity contribution in [1.29, 1.82) is 0 Å². The maximum atomic E-state index is 13.3. The molecule has 8 heteroatoms. The van der Waals surface area contributed by atoms with Gasteiger partial charge in [0.2, 0.25) is 11.7 Å². The van der Waals surface area contributed by atoms with E-state index in [0.717, 1.165) is 25.0 Å². The normalized spacial score (nSPS) is 10.2. The Morgan fingerprint density at radius 3 is 2.35 bits per heavy atom. The van der Waals surface area contributed by atoms with Crippen LogP contribution in [-0.4, -0.2) is 16.7 Å². The number of benzene rings is 2. The van der Waals surface area contributed by atoms with E-state index < -0.39 is 22.3 Å².